The highest BCUT2D eigenvalue weighted by Gasteiger charge is 2.40. The van der Waals surface area contributed by atoms with Gasteiger partial charge in [-0.15, -0.1) is 0 Å². The van der Waals surface area contributed by atoms with Crippen molar-refractivity contribution in [3.05, 3.63) is 102 Å². The molecule has 0 aromatic heterocycles. The quantitative estimate of drug-likeness (QED) is 0.492. The number of hydrogen-bond acceptors (Lipinski definition) is 3. The number of benzene rings is 3. The maximum absolute atomic E-state index is 12.9. The highest BCUT2D eigenvalue weighted by molar-refractivity contribution is 6.06. The predicted octanol–water partition coefficient (Wildman–Crippen LogP) is 5.57. The molecule has 0 fully saturated rings. The molecule has 0 saturated carbocycles. The predicted molar refractivity (Wildman–Crippen MR) is 127 cm³/mol. The molecule has 3 aromatic carbocycles. The van der Waals surface area contributed by atoms with E-state index in [1.165, 1.54) is 0 Å². The summed E-state index contributed by atoms with van der Waals surface area (Å²) in [6.45, 7) is 2.85. The van der Waals surface area contributed by atoms with Crippen LogP contribution in [0.15, 0.2) is 96.1 Å². The first kappa shape index (κ1) is 20.9. The summed E-state index contributed by atoms with van der Waals surface area (Å²) in [6, 6.07) is 30.8. The van der Waals surface area contributed by atoms with Gasteiger partial charge < -0.3 is 5.32 Å². The number of hydrazone groups is 1. The second kappa shape index (κ2) is 10.1. The van der Waals surface area contributed by atoms with Crippen LogP contribution < -0.4 is 10.3 Å². The smallest absolute Gasteiger partial charge is 0.220 e. The lowest BCUT2D eigenvalue weighted by Gasteiger charge is -2.28. The molecule has 1 N–H and O–H groups in total. The molecule has 1 aliphatic rings. The fraction of sp³-hybridized carbons (Fsp3) is 0.259. The number of para-hydroxylation sites is 1. The Labute approximate surface area is 184 Å². The Bertz CT molecular complexity index is 1000. The third-order valence-corrected chi connectivity index (χ3v) is 5.70. The summed E-state index contributed by atoms with van der Waals surface area (Å²) in [6.07, 6.45) is 2.46. The molecule has 4 rings (SSSR count). The average Bonchev–Trinajstić information content (AvgIpc) is 3.20. The van der Waals surface area contributed by atoms with Gasteiger partial charge in [0.2, 0.25) is 5.91 Å². The molecule has 1 heterocycles. The minimum atomic E-state index is -0.0494. The normalized spacial score (nSPS) is 18.0. The lowest BCUT2D eigenvalue weighted by Crippen LogP contribution is -2.32. The maximum atomic E-state index is 12.9. The third kappa shape index (κ3) is 4.85. The van der Waals surface area contributed by atoms with Crippen molar-refractivity contribution in [1.29, 1.82) is 0 Å². The fourth-order valence-electron chi connectivity index (χ4n) is 4.16. The number of carbonyl (C=O) groups excluding carboxylic acids is 1. The van der Waals surface area contributed by atoms with Crippen LogP contribution >= 0.6 is 0 Å². The van der Waals surface area contributed by atoms with Gasteiger partial charge in [0.05, 0.1) is 17.4 Å². The van der Waals surface area contributed by atoms with Crippen molar-refractivity contribution in [2.45, 2.75) is 32.2 Å². The van der Waals surface area contributed by atoms with Crippen LogP contribution in [-0.2, 0) is 4.79 Å². The second-order valence-corrected chi connectivity index (χ2v) is 7.90. The van der Waals surface area contributed by atoms with Crippen LogP contribution in [0.25, 0.3) is 0 Å². The van der Waals surface area contributed by atoms with Crippen molar-refractivity contribution in [3.63, 3.8) is 0 Å². The van der Waals surface area contributed by atoms with Crippen LogP contribution in [0.2, 0.25) is 0 Å². The van der Waals surface area contributed by atoms with Crippen LogP contribution in [0, 0.1) is 5.92 Å². The monoisotopic (exact) mass is 411 g/mol. The van der Waals surface area contributed by atoms with Crippen molar-refractivity contribution in [3.8, 4) is 0 Å². The van der Waals surface area contributed by atoms with Crippen LogP contribution in [-0.4, -0.2) is 18.2 Å². The van der Waals surface area contributed by atoms with Crippen LogP contribution in [0.4, 0.5) is 5.69 Å². The van der Waals surface area contributed by atoms with Gasteiger partial charge in [0.1, 0.15) is 0 Å². The molecule has 1 amide bonds. The summed E-state index contributed by atoms with van der Waals surface area (Å²) >= 11 is 0. The van der Waals surface area contributed by atoms with Crippen molar-refractivity contribution in [2.24, 2.45) is 11.0 Å². The number of nitrogens with zero attached hydrogens (tertiary/aromatic N) is 2. The molecule has 0 radical (unpaired) electrons. The Balaban J connectivity index is 1.74. The molecule has 3 aromatic rings. The molecular weight excluding hydrogens is 382 g/mol. The first-order valence-corrected chi connectivity index (χ1v) is 11.1. The van der Waals surface area contributed by atoms with Crippen molar-refractivity contribution in [2.75, 3.05) is 11.6 Å². The molecular formula is C27H29N3O. The fourth-order valence-corrected chi connectivity index (χ4v) is 4.16. The number of amides is 1. The SMILES string of the molecule is CCCCNC(=O)CC1C(c2ccccc2)=NN(c2ccccc2)C1c1ccccc1. The number of unbranched alkanes of at least 4 members (excludes halogenated alkanes) is 1. The number of rotatable bonds is 8. The Hall–Kier alpha value is -3.40. The number of carbonyl (C=O) groups is 1. The Morgan fingerprint density at radius 1 is 0.903 bits per heavy atom. The number of nitrogens with one attached hydrogen (secondary N) is 1. The van der Waals surface area contributed by atoms with E-state index < -0.39 is 0 Å². The summed E-state index contributed by atoms with van der Waals surface area (Å²) in [5.74, 6) is 0.0320. The van der Waals surface area contributed by atoms with E-state index in [0.717, 1.165) is 41.9 Å². The van der Waals surface area contributed by atoms with Gasteiger partial charge in [-0.05, 0) is 29.7 Å². The zero-order chi connectivity index (χ0) is 21.5. The zero-order valence-corrected chi connectivity index (χ0v) is 17.9. The minimum absolute atomic E-state index is 0.0456. The molecule has 4 heteroatoms. The van der Waals surface area contributed by atoms with E-state index in [2.05, 4.69) is 65.8 Å². The van der Waals surface area contributed by atoms with Gasteiger partial charge in [0.15, 0.2) is 0 Å². The molecule has 0 spiro atoms. The lowest BCUT2D eigenvalue weighted by atomic mass is 9.84. The van der Waals surface area contributed by atoms with E-state index in [1.807, 2.05) is 42.5 Å². The Kier molecular flexibility index (Phi) is 6.78. The topological polar surface area (TPSA) is 44.7 Å². The summed E-state index contributed by atoms with van der Waals surface area (Å²) in [7, 11) is 0. The average molecular weight is 412 g/mol. The van der Waals surface area contributed by atoms with Gasteiger partial charge in [-0.2, -0.15) is 5.10 Å². The largest absolute Gasteiger partial charge is 0.356 e. The van der Waals surface area contributed by atoms with E-state index in [4.69, 9.17) is 5.10 Å². The standard InChI is InChI=1S/C27H29N3O/c1-2-3-19-28-25(31)20-24-26(21-13-7-4-8-14-21)29-30(23-17-11-6-12-18-23)27(24)22-15-9-5-10-16-22/h4-18,24,27H,2-3,19-20H2,1H3,(H,28,31). The molecule has 0 bridgehead atoms. The van der Waals surface area contributed by atoms with Crippen molar-refractivity contribution >= 4 is 17.3 Å². The van der Waals surface area contributed by atoms with Crippen LogP contribution in [0.3, 0.4) is 0 Å². The number of anilines is 1. The Morgan fingerprint density at radius 3 is 2.16 bits per heavy atom. The maximum Gasteiger partial charge on any atom is 0.220 e. The van der Waals surface area contributed by atoms with Crippen LogP contribution in [0.5, 0.6) is 0 Å². The van der Waals surface area contributed by atoms with Gasteiger partial charge >= 0.3 is 0 Å². The van der Waals surface area contributed by atoms with E-state index in [-0.39, 0.29) is 17.9 Å². The molecule has 4 nitrogen and oxygen atoms in total. The lowest BCUT2D eigenvalue weighted by molar-refractivity contribution is -0.121. The van der Waals surface area contributed by atoms with E-state index in [1.54, 1.807) is 0 Å². The molecule has 0 saturated heterocycles. The molecule has 2 atom stereocenters. The van der Waals surface area contributed by atoms with E-state index in [0.29, 0.717) is 6.42 Å². The summed E-state index contributed by atoms with van der Waals surface area (Å²) in [5.41, 5.74) is 4.21. The summed E-state index contributed by atoms with van der Waals surface area (Å²) in [4.78, 5) is 12.9. The minimum Gasteiger partial charge on any atom is -0.356 e. The summed E-state index contributed by atoms with van der Waals surface area (Å²) < 4.78 is 0. The highest BCUT2D eigenvalue weighted by Crippen LogP contribution is 2.42. The molecule has 31 heavy (non-hydrogen) atoms. The Morgan fingerprint density at radius 2 is 1.52 bits per heavy atom. The van der Waals surface area contributed by atoms with Gasteiger partial charge in [-0.1, -0.05) is 92.2 Å². The third-order valence-electron chi connectivity index (χ3n) is 5.70. The highest BCUT2D eigenvalue weighted by atomic mass is 16.1. The second-order valence-electron chi connectivity index (χ2n) is 7.90. The first-order valence-electron chi connectivity index (χ1n) is 11.1. The van der Waals surface area contributed by atoms with E-state index >= 15 is 0 Å². The van der Waals surface area contributed by atoms with Crippen molar-refractivity contribution in [1.82, 2.24) is 5.32 Å². The molecule has 158 valence electrons. The number of hydrogen-bond donors (Lipinski definition) is 1. The molecule has 2 unspecified atom stereocenters. The van der Waals surface area contributed by atoms with Gasteiger partial charge in [-0.25, -0.2) is 0 Å². The summed E-state index contributed by atoms with van der Waals surface area (Å²) in [5, 5.41) is 10.3. The van der Waals surface area contributed by atoms with E-state index in [9.17, 15) is 4.79 Å². The van der Waals surface area contributed by atoms with Crippen molar-refractivity contribution < 1.29 is 4.79 Å². The van der Waals surface area contributed by atoms with Gasteiger partial charge in [0, 0.05) is 18.9 Å². The molecule has 0 aliphatic carbocycles. The van der Waals surface area contributed by atoms with Crippen LogP contribution in [0.1, 0.15) is 43.4 Å². The first-order chi connectivity index (χ1) is 15.3. The zero-order valence-electron chi connectivity index (χ0n) is 17.9. The molecule has 1 aliphatic heterocycles. The van der Waals surface area contributed by atoms with Gasteiger partial charge in [-0.3, -0.25) is 9.80 Å². The van der Waals surface area contributed by atoms with Gasteiger partial charge in [0.25, 0.3) is 0 Å².